The van der Waals surface area contributed by atoms with Crippen LogP contribution < -0.4 is 0 Å². The van der Waals surface area contributed by atoms with Gasteiger partial charge in [0.2, 0.25) is 0 Å². The zero-order valence-electron chi connectivity index (χ0n) is 12.5. The van der Waals surface area contributed by atoms with Gasteiger partial charge in [0.1, 0.15) is 0 Å². The lowest BCUT2D eigenvalue weighted by Gasteiger charge is -2.38. The summed E-state index contributed by atoms with van der Waals surface area (Å²) in [5.74, 6) is 0.234. The van der Waals surface area contributed by atoms with Gasteiger partial charge in [-0.3, -0.25) is 9.69 Å². The third-order valence-corrected chi connectivity index (χ3v) is 5.68. The molecule has 1 saturated carbocycles. The van der Waals surface area contributed by atoms with E-state index in [1.807, 2.05) is 11.0 Å². The third kappa shape index (κ3) is 2.77. The van der Waals surface area contributed by atoms with E-state index in [0.717, 1.165) is 42.7 Å². The van der Waals surface area contributed by atoms with Crippen LogP contribution in [-0.2, 0) is 0 Å². The molecule has 3 rings (SSSR count). The summed E-state index contributed by atoms with van der Waals surface area (Å²) in [6.45, 7) is 8.02. The molecule has 0 radical (unpaired) electrons. The Bertz CT molecular complexity index is 483. The largest absolute Gasteiger partial charge is 0.336 e. The molecular formula is C16H24N2OS. The van der Waals surface area contributed by atoms with Crippen molar-refractivity contribution in [3.63, 3.8) is 0 Å². The average Bonchev–Trinajstić information content (AvgIpc) is 3.08. The topological polar surface area (TPSA) is 23.6 Å². The number of thiophene rings is 1. The van der Waals surface area contributed by atoms with Crippen molar-refractivity contribution in [3.8, 4) is 0 Å². The molecule has 20 heavy (non-hydrogen) atoms. The quantitative estimate of drug-likeness (QED) is 0.836. The van der Waals surface area contributed by atoms with Gasteiger partial charge in [-0.15, -0.1) is 11.3 Å². The Hall–Kier alpha value is -0.870. The van der Waals surface area contributed by atoms with E-state index in [1.54, 1.807) is 11.3 Å². The number of carbonyl (C=O) groups is 1. The molecule has 2 heterocycles. The highest BCUT2D eigenvalue weighted by atomic mass is 32.1. The molecule has 2 fully saturated rings. The molecule has 3 nitrogen and oxygen atoms in total. The molecule has 4 heteroatoms. The van der Waals surface area contributed by atoms with Crippen LogP contribution in [0.25, 0.3) is 0 Å². The highest BCUT2D eigenvalue weighted by Crippen LogP contribution is 2.26. The fourth-order valence-electron chi connectivity index (χ4n) is 3.57. The minimum atomic E-state index is 0.234. The first-order chi connectivity index (χ1) is 9.65. The molecule has 1 amide bonds. The predicted octanol–water partition coefficient (Wildman–Crippen LogP) is 3.07. The van der Waals surface area contributed by atoms with Gasteiger partial charge in [0.05, 0.1) is 5.56 Å². The van der Waals surface area contributed by atoms with Crippen LogP contribution in [0.4, 0.5) is 0 Å². The van der Waals surface area contributed by atoms with Crippen LogP contribution in [-0.4, -0.2) is 47.9 Å². The Morgan fingerprint density at radius 2 is 1.80 bits per heavy atom. The first-order valence-corrected chi connectivity index (χ1v) is 8.57. The maximum Gasteiger partial charge on any atom is 0.255 e. The Balaban J connectivity index is 1.60. The summed E-state index contributed by atoms with van der Waals surface area (Å²) in [7, 11) is 0. The summed E-state index contributed by atoms with van der Waals surface area (Å²) in [6.07, 6.45) is 5.49. The molecule has 1 aliphatic carbocycles. The van der Waals surface area contributed by atoms with E-state index in [2.05, 4.69) is 18.7 Å². The summed E-state index contributed by atoms with van der Waals surface area (Å²) < 4.78 is 0. The smallest absolute Gasteiger partial charge is 0.255 e. The molecule has 1 aliphatic heterocycles. The van der Waals surface area contributed by atoms with E-state index in [0.29, 0.717) is 0 Å². The van der Waals surface area contributed by atoms with Gasteiger partial charge in [0.25, 0.3) is 5.91 Å². The zero-order chi connectivity index (χ0) is 14.1. The van der Waals surface area contributed by atoms with Crippen LogP contribution in [0, 0.1) is 13.8 Å². The van der Waals surface area contributed by atoms with Gasteiger partial charge in [-0.25, -0.2) is 0 Å². The van der Waals surface area contributed by atoms with Crippen LogP contribution in [0.1, 0.15) is 45.8 Å². The van der Waals surface area contributed by atoms with Crippen molar-refractivity contribution in [1.82, 2.24) is 9.80 Å². The van der Waals surface area contributed by atoms with Crippen LogP contribution in [0.2, 0.25) is 0 Å². The Morgan fingerprint density at radius 1 is 1.15 bits per heavy atom. The summed E-state index contributed by atoms with van der Waals surface area (Å²) >= 11 is 1.72. The molecule has 0 N–H and O–H groups in total. The zero-order valence-corrected chi connectivity index (χ0v) is 13.3. The first-order valence-electron chi connectivity index (χ1n) is 7.75. The van der Waals surface area contributed by atoms with Crippen molar-refractivity contribution in [1.29, 1.82) is 0 Å². The average molecular weight is 292 g/mol. The Morgan fingerprint density at radius 3 is 2.35 bits per heavy atom. The lowest BCUT2D eigenvalue weighted by atomic mass is 10.1. The molecular weight excluding hydrogens is 268 g/mol. The number of rotatable bonds is 2. The second-order valence-electron chi connectivity index (χ2n) is 6.09. The predicted molar refractivity (Wildman–Crippen MR) is 83.5 cm³/mol. The number of aryl methyl sites for hydroxylation is 2. The van der Waals surface area contributed by atoms with Gasteiger partial charge in [-0.1, -0.05) is 12.8 Å². The molecule has 1 aromatic rings. The summed E-state index contributed by atoms with van der Waals surface area (Å²) in [4.78, 5) is 19.6. The highest BCUT2D eigenvalue weighted by Gasteiger charge is 2.28. The van der Waals surface area contributed by atoms with Gasteiger partial charge in [-0.05, 0) is 32.8 Å². The number of carbonyl (C=O) groups excluding carboxylic acids is 1. The minimum Gasteiger partial charge on any atom is -0.336 e. The highest BCUT2D eigenvalue weighted by molar-refractivity contribution is 7.12. The molecule has 0 unspecified atom stereocenters. The Labute approximate surface area is 125 Å². The molecule has 1 aromatic heterocycles. The monoisotopic (exact) mass is 292 g/mol. The van der Waals surface area contributed by atoms with Crippen LogP contribution in [0.5, 0.6) is 0 Å². The van der Waals surface area contributed by atoms with E-state index in [1.165, 1.54) is 30.6 Å². The lowest BCUT2D eigenvalue weighted by Crippen LogP contribution is -2.51. The maximum atomic E-state index is 12.6. The van der Waals surface area contributed by atoms with Gasteiger partial charge >= 0.3 is 0 Å². The lowest BCUT2D eigenvalue weighted by molar-refractivity contribution is 0.0573. The maximum absolute atomic E-state index is 12.6. The summed E-state index contributed by atoms with van der Waals surface area (Å²) in [5.41, 5.74) is 0.918. The molecule has 2 aliphatic rings. The summed E-state index contributed by atoms with van der Waals surface area (Å²) in [5, 5.41) is 0. The fourth-order valence-corrected chi connectivity index (χ4v) is 4.49. The van der Waals surface area contributed by atoms with E-state index in [4.69, 9.17) is 0 Å². The first kappa shape index (κ1) is 14.1. The van der Waals surface area contributed by atoms with Crippen molar-refractivity contribution in [2.24, 2.45) is 0 Å². The number of nitrogens with zero attached hydrogens (tertiary/aromatic N) is 2. The van der Waals surface area contributed by atoms with Crippen molar-refractivity contribution in [2.45, 2.75) is 45.6 Å². The molecule has 0 spiro atoms. The minimum absolute atomic E-state index is 0.234. The van der Waals surface area contributed by atoms with Crippen LogP contribution in [0.15, 0.2) is 6.07 Å². The van der Waals surface area contributed by atoms with Gasteiger partial charge in [-0.2, -0.15) is 0 Å². The number of amides is 1. The fraction of sp³-hybridized carbons (Fsp3) is 0.688. The van der Waals surface area contributed by atoms with Crippen LogP contribution >= 0.6 is 11.3 Å². The number of hydrogen-bond acceptors (Lipinski definition) is 3. The second-order valence-corrected chi connectivity index (χ2v) is 7.55. The van der Waals surface area contributed by atoms with Crippen molar-refractivity contribution in [2.75, 3.05) is 26.2 Å². The molecule has 110 valence electrons. The van der Waals surface area contributed by atoms with E-state index in [9.17, 15) is 4.79 Å². The molecule has 0 atom stereocenters. The summed E-state index contributed by atoms with van der Waals surface area (Å²) in [6, 6.07) is 2.84. The SMILES string of the molecule is Cc1cc(C(=O)N2CCN(C3CCCC3)CC2)c(C)s1. The molecule has 0 bridgehead atoms. The normalized spacial score (nSPS) is 21.6. The second kappa shape index (κ2) is 5.86. The van der Waals surface area contributed by atoms with Crippen molar-refractivity contribution in [3.05, 3.63) is 21.4 Å². The third-order valence-electron chi connectivity index (χ3n) is 4.71. The van der Waals surface area contributed by atoms with Crippen LogP contribution in [0.3, 0.4) is 0 Å². The van der Waals surface area contributed by atoms with Gasteiger partial charge in [0.15, 0.2) is 0 Å². The van der Waals surface area contributed by atoms with E-state index in [-0.39, 0.29) is 5.91 Å². The number of hydrogen-bond donors (Lipinski definition) is 0. The van der Waals surface area contributed by atoms with E-state index >= 15 is 0 Å². The Kier molecular flexibility index (Phi) is 4.13. The molecule has 1 saturated heterocycles. The number of piperazine rings is 1. The standard InChI is InChI=1S/C16H24N2OS/c1-12-11-15(13(2)20-12)16(19)18-9-7-17(8-10-18)14-5-3-4-6-14/h11,14H,3-10H2,1-2H3. The van der Waals surface area contributed by atoms with E-state index < -0.39 is 0 Å². The van der Waals surface area contributed by atoms with Gasteiger partial charge < -0.3 is 4.90 Å². The van der Waals surface area contributed by atoms with Crippen molar-refractivity contribution >= 4 is 17.2 Å². The molecule has 0 aromatic carbocycles. The van der Waals surface area contributed by atoms with Gasteiger partial charge in [0, 0.05) is 42.0 Å². The van der Waals surface area contributed by atoms with Crippen molar-refractivity contribution < 1.29 is 4.79 Å².